The molecule has 1 rings (SSSR count). The third-order valence-electron chi connectivity index (χ3n) is 2.76. The standard InChI is InChI=1S/C10H19NO3/c1-8(12)9(13)11-7-10(14)5-3-2-4-6-10/h8,12,14H,2-7H2,1H3,(H,11,13). The number of hydrogen-bond acceptors (Lipinski definition) is 3. The van der Waals surface area contributed by atoms with E-state index in [0.717, 1.165) is 32.1 Å². The summed E-state index contributed by atoms with van der Waals surface area (Å²) in [5, 5.41) is 21.5. The summed E-state index contributed by atoms with van der Waals surface area (Å²) in [7, 11) is 0. The van der Waals surface area contributed by atoms with Gasteiger partial charge in [-0.25, -0.2) is 0 Å². The van der Waals surface area contributed by atoms with Gasteiger partial charge in [0, 0.05) is 6.54 Å². The lowest BCUT2D eigenvalue weighted by atomic mass is 9.85. The minimum absolute atomic E-state index is 0.261. The average Bonchev–Trinajstić information content (AvgIpc) is 2.15. The molecule has 0 radical (unpaired) electrons. The molecule has 1 aliphatic rings. The van der Waals surface area contributed by atoms with Crippen molar-refractivity contribution in [3.05, 3.63) is 0 Å². The Labute approximate surface area is 84.3 Å². The first-order chi connectivity index (χ1) is 6.53. The fourth-order valence-corrected chi connectivity index (χ4v) is 1.79. The molecule has 0 heterocycles. The van der Waals surface area contributed by atoms with Gasteiger partial charge in [0.1, 0.15) is 6.10 Å². The predicted octanol–water partition coefficient (Wildman–Crippen LogP) is 0.179. The van der Waals surface area contributed by atoms with Crippen molar-refractivity contribution >= 4 is 5.91 Å². The van der Waals surface area contributed by atoms with Crippen LogP contribution in [0.3, 0.4) is 0 Å². The van der Waals surface area contributed by atoms with Crippen LogP contribution in [-0.2, 0) is 4.79 Å². The van der Waals surface area contributed by atoms with Crippen LogP contribution in [-0.4, -0.2) is 34.4 Å². The number of rotatable bonds is 3. The van der Waals surface area contributed by atoms with Crippen LogP contribution in [0.15, 0.2) is 0 Å². The largest absolute Gasteiger partial charge is 0.388 e. The molecule has 1 atom stereocenters. The van der Waals surface area contributed by atoms with Gasteiger partial charge in [0.15, 0.2) is 0 Å². The molecule has 1 saturated carbocycles. The Hall–Kier alpha value is -0.610. The minimum atomic E-state index is -0.998. The summed E-state index contributed by atoms with van der Waals surface area (Å²) in [6, 6.07) is 0. The number of aliphatic hydroxyl groups is 2. The molecule has 1 aliphatic carbocycles. The summed E-state index contributed by atoms with van der Waals surface area (Å²) in [4.78, 5) is 11.1. The van der Waals surface area contributed by atoms with E-state index in [2.05, 4.69) is 5.32 Å². The number of aliphatic hydroxyl groups excluding tert-OH is 1. The van der Waals surface area contributed by atoms with Gasteiger partial charge in [0.05, 0.1) is 5.60 Å². The zero-order valence-electron chi connectivity index (χ0n) is 8.62. The van der Waals surface area contributed by atoms with Crippen molar-refractivity contribution in [3.63, 3.8) is 0 Å². The maximum Gasteiger partial charge on any atom is 0.248 e. The van der Waals surface area contributed by atoms with E-state index < -0.39 is 17.6 Å². The van der Waals surface area contributed by atoms with Crippen molar-refractivity contribution in [1.82, 2.24) is 5.32 Å². The van der Waals surface area contributed by atoms with E-state index in [1.54, 1.807) is 0 Å². The fourth-order valence-electron chi connectivity index (χ4n) is 1.79. The zero-order chi connectivity index (χ0) is 10.6. The van der Waals surface area contributed by atoms with Crippen LogP contribution in [0.5, 0.6) is 0 Å². The summed E-state index contributed by atoms with van der Waals surface area (Å²) >= 11 is 0. The quantitative estimate of drug-likeness (QED) is 0.610. The number of carbonyl (C=O) groups excluding carboxylic acids is 1. The normalized spacial score (nSPS) is 22.8. The maximum atomic E-state index is 11.1. The summed E-state index contributed by atoms with van der Waals surface area (Å²) in [6.45, 7) is 1.68. The number of nitrogens with one attached hydrogen (secondary N) is 1. The summed E-state index contributed by atoms with van der Waals surface area (Å²) < 4.78 is 0. The van der Waals surface area contributed by atoms with Crippen LogP contribution < -0.4 is 5.32 Å². The molecule has 0 spiro atoms. The smallest absolute Gasteiger partial charge is 0.248 e. The second kappa shape index (κ2) is 4.75. The van der Waals surface area contributed by atoms with Crippen molar-refractivity contribution in [3.8, 4) is 0 Å². The van der Waals surface area contributed by atoms with Crippen LogP contribution in [0.1, 0.15) is 39.0 Å². The molecule has 0 saturated heterocycles. The van der Waals surface area contributed by atoms with Gasteiger partial charge in [0.25, 0.3) is 0 Å². The van der Waals surface area contributed by atoms with Crippen molar-refractivity contribution in [2.75, 3.05) is 6.54 Å². The molecule has 0 aromatic carbocycles. The van der Waals surface area contributed by atoms with Crippen LogP contribution in [0.4, 0.5) is 0 Å². The first-order valence-electron chi connectivity index (χ1n) is 5.22. The Kier molecular flexibility index (Phi) is 3.89. The van der Waals surface area contributed by atoms with Gasteiger partial charge in [0.2, 0.25) is 5.91 Å². The van der Waals surface area contributed by atoms with Crippen LogP contribution >= 0.6 is 0 Å². The number of hydrogen-bond donors (Lipinski definition) is 3. The molecule has 82 valence electrons. The van der Waals surface area contributed by atoms with E-state index in [1.807, 2.05) is 0 Å². The molecule has 0 aliphatic heterocycles. The molecule has 1 fully saturated rings. The Balaban J connectivity index is 2.32. The highest BCUT2D eigenvalue weighted by Gasteiger charge is 2.29. The average molecular weight is 201 g/mol. The topological polar surface area (TPSA) is 69.6 Å². The van der Waals surface area contributed by atoms with Gasteiger partial charge in [-0.1, -0.05) is 19.3 Å². The molecule has 1 amide bonds. The molecular formula is C10H19NO3. The van der Waals surface area contributed by atoms with Gasteiger partial charge in [-0.2, -0.15) is 0 Å². The summed E-state index contributed by atoms with van der Waals surface area (Å²) in [5.41, 5.74) is -0.747. The van der Waals surface area contributed by atoms with E-state index in [0.29, 0.717) is 0 Å². The van der Waals surface area contributed by atoms with Crippen LogP contribution in [0.2, 0.25) is 0 Å². The molecule has 3 N–H and O–H groups in total. The molecule has 1 unspecified atom stereocenters. The summed E-state index contributed by atoms with van der Waals surface area (Å²) in [5.74, 6) is -0.413. The predicted molar refractivity (Wildman–Crippen MR) is 52.7 cm³/mol. The van der Waals surface area contributed by atoms with Gasteiger partial charge in [-0.15, -0.1) is 0 Å². The summed E-state index contributed by atoms with van der Waals surface area (Å²) in [6.07, 6.45) is 3.68. The SMILES string of the molecule is CC(O)C(=O)NCC1(O)CCCCC1. The second-order valence-corrected chi connectivity index (χ2v) is 4.18. The van der Waals surface area contributed by atoms with E-state index in [-0.39, 0.29) is 6.54 Å². The monoisotopic (exact) mass is 201 g/mol. The Morgan fingerprint density at radius 2 is 2.00 bits per heavy atom. The maximum absolute atomic E-state index is 11.1. The lowest BCUT2D eigenvalue weighted by Gasteiger charge is -2.32. The van der Waals surface area contributed by atoms with E-state index in [9.17, 15) is 9.90 Å². The highest BCUT2D eigenvalue weighted by atomic mass is 16.3. The fraction of sp³-hybridized carbons (Fsp3) is 0.900. The first-order valence-corrected chi connectivity index (χ1v) is 5.22. The van der Waals surface area contributed by atoms with Crippen LogP contribution in [0, 0.1) is 0 Å². The number of amides is 1. The van der Waals surface area contributed by atoms with Crippen LogP contribution in [0.25, 0.3) is 0 Å². The third kappa shape index (κ3) is 3.27. The molecule has 14 heavy (non-hydrogen) atoms. The van der Waals surface area contributed by atoms with E-state index in [4.69, 9.17) is 5.11 Å². The van der Waals surface area contributed by atoms with Gasteiger partial charge in [-0.05, 0) is 19.8 Å². The molecule has 0 aromatic heterocycles. The van der Waals surface area contributed by atoms with Gasteiger partial charge < -0.3 is 15.5 Å². The minimum Gasteiger partial charge on any atom is -0.388 e. The second-order valence-electron chi connectivity index (χ2n) is 4.18. The highest BCUT2D eigenvalue weighted by molar-refractivity contribution is 5.80. The first kappa shape index (κ1) is 11.5. The lowest BCUT2D eigenvalue weighted by molar-refractivity contribution is -0.130. The Bertz CT molecular complexity index is 198. The molecule has 4 heteroatoms. The van der Waals surface area contributed by atoms with E-state index in [1.165, 1.54) is 6.92 Å². The molecule has 0 bridgehead atoms. The van der Waals surface area contributed by atoms with Gasteiger partial charge >= 0.3 is 0 Å². The highest BCUT2D eigenvalue weighted by Crippen LogP contribution is 2.27. The zero-order valence-corrected chi connectivity index (χ0v) is 8.62. The molecule has 4 nitrogen and oxygen atoms in total. The van der Waals surface area contributed by atoms with E-state index >= 15 is 0 Å². The van der Waals surface area contributed by atoms with Crippen molar-refractivity contribution in [2.45, 2.75) is 50.7 Å². The third-order valence-corrected chi connectivity index (χ3v) is 2.76. The lowest BCUT2D eigenvalue weighted by Crippen LogP contribution is -2.46. The van der Waals surface area contributed by atoms with Crippen molar-refractivity contribution in [2.24, 2.45) is 0 Å². The molecule has 0 aromatic rings. The Morgan fingerprint density at radius 3 is 2.50 bits per heavy atom. The van der Waals surface area contributed by atoms with Crippen molar-refractivity contribution in [1.29, 1.82) is 0 Å². The number of carbonyl (C=O) groups is 1. The van der Waals surface area contributed by atoms with Crippen molar-refractivity contribution < 1.29 is 15.0 Å². The van der Waals surface area contributed by atoms with Gasteiger partial charge in [-0.3, -0.25) is 4.79 Å². The Morgan fingerprint density at radius 1 is 1.43 bits per heavy atom. The molecular weight excluding hydrogens is 182 g/mol.